The van der Waals surface area contributed by atoms with Crippen LogP contribution >= 0.6 is 12.6 Å². The number of aliphatic carboxylic acids is 1. The monoisotopic (exact) mass is 518 g/mol. The minimum atomic E-state index is -1.46. The highest BCUT2D eigenvalue weighted by Crippen LogP contribution is 2.11. The number of nitrogens with one attached hydrogen (secondary N) is 3. The van der Waals surface area contributed by atoms with Gasteiger partial charge in [0.25, 0.3) is 0 Å². The Kier molecular flexibility index (Phi) is 11.2. The van der Waals surface area contributed by atoms with Crippen molar-refractivity contribution in [3.8, 4) is 5.75 Å². The maximum atomic E-state index is 13.0. The van der Waals surface area contributed by atoms with Crippen LogP contribution in [0.1, 0.15) is 11.1 Å². The molecular weight excluding hydrogens is 488 g/mol. The lowest BCUT2D eigenvalue weighted by atomic mass is 10.0. The van der Waals surface area contributed by atoms with Crippen molar-refractivity contribution >= 4 is 36.3 Å². The van der Waals surface area contributed by atoms with Crippen LogP contribution in [0.25, 0.3) is 0 Å². The normalized spacial score (nSPS) is 14.1. The second-order valence-electron chi connectivity index (χ2n) is 8.05. The Morgan fingerprint density at radius 2 is 1.31 bits per heavy atom. The van der Waals surface area contributed by atoms with Crippen LogP contribution < -0.4 is 21.7 Å². The summed E-state index contributed by atoms with van der Waals surface area (Å²) in [5.41, 5.74) is 7.45. The van der Waals surface area contributed by atoms with Crippen LogP contribution in [0.4, 0.5) is 0 Å². The number of aromatic hydroxyl groups is 1. The molecular formula is C24H30N4O7S. The number of phenolic OH excluding ortho intramolecular Hbond substituents is 1. The van der Waals surface area contributed by atoms with Crippen LogP contribution in [0, 0.1) is 0 Å². The number of benzene rings is 2. The number of hydrogen-bond acceptors (Lipinski definition) is 8. The molecule has 194 valence electrons. The van der Waals surface area contributed by atoms with Gasteiger partial charge in [-0.25, -0.2) is 4.79 Å². The molecule has 0 heterocycles. The topological polar surface area (TPSA) is 191 Å². The molecule has 0 aliphatic heterocycles. The van der Waals surface area contributed by atoms with Gasteiger partial charge in [-0.15, -0.1) is 0 Å². The minimum absolute atomic E-state index is 0.0680. The fraction of sp³-hybridized carbons (Fsp3) is 0.333. The third-order valence-electron chi connectivity index (χ3n) is 5.26. The Hall–Kier alpha value is -3.61. The highest BCUT2D eigenvalue weighted by molar-refractivity contribution is 7.80. The van der Waals surface area contributed by atoms with Crippen molar-refractivity contribution in [2.45, 2.75) is 37.0 Å². The van der Waals surface area contributed by atoms with Gasteiger partial charge in [-0.2, -0.15) is 12.6 Å². The molecule has 0 spiro atoms. The number of phenols is 1. The summed E-state index contributed by atoms with van der Waals surface area (Å²) >= 11 is 3.87. The zero-order valence-corrected chi connectivity index (χ0v) is 20.2. The summed E-state index contributed by atoms with van der Waals surface area (Å²) in [6.45, 7) is -0.803. The van der Waals surface area contributed by atoms with Gasteiger partial charge in [0.2, 0.25) is 17.7 Å². The highest BCUT2D eigenvalue weighted by Gasteiger charge is 2.30. The molecule has 4 unspecified atom stereocenters. The van der Waals surface area contributed by atoms with E-state index in [1.165, 1.54) is 12.1 Å². The summed E-state index contributed by atoms with van der Waals surface area (Å²) in [7, 11) is 0. The predicted molar refractivity (Wildman–Crippen MR) is 134 cm³/mol. The van der Waals surface area contributed by atoms with E-state index in [2.05, 4.69) is 28.6 Å². The third-order valence-corrected chi connectivity index (χ3v) is 5.62. The molecule has 8 N–H and O–H groups in total. The number of thiol groups is 1. The van der Waals surface area contributed by atoms with E-state index in [-0.39, 0.29) is 24.3 Å². The van der Waals surface area contributed by atoms with Gasteiger partial charge in [-0.1, -0.05) is 42.5 Å². The first kappa shape index (κ1) is 28.6. The number of aliphatic hydroxyl groups excluding tert-OH is 1. The standard InChI is InChI=1S/C24H30N4O7S/c25-17(10-15-6-8-16(30)9-7-15)21(31)26-18(11-14-4-2-1-3-5-14)22(32)27-19(12-29)23(33)28-20(13-36)24(34)35/h1-9,17-20,29-30,36H,10-13,25H2,(H,26,31)(H,27,32)(H,28,33)(H,34,35). The zero-order valence-electron chi connectivity index (χ0n) is 19.3. The second kappa shape index (κ2) is 14.1. The molecule has 0 saturated carbocycles. The quantitative estimate of drug-likeness (QED) is 0.154. The maximum absolute atomic E-state index is 13.0. The lowest BCUT2D eigenvalue weighted by molar-refractivity contribution is -0.142. The van der Waals surface area contributed by atoms with E-state index in [1.807, 2.05) is 0 Å². The van der Waals surface area contributed by atoms with Gasteiger partial charge in [-0.05, 0) is 29.7 Å². The maximum Gasteiger partial charge on any atom is 0.327 e. The number of carbonyl (C=O) groups is 4. The van der Waals surface area contributed by atoms with E-state index in [1.54, 1.807) is 42.5 Å². The van der Waals surface area contributed by atoms with E-state index < -0.39 is 54.5 Å². The van der Waals surface area contributed by atoms with E-state index in [0.29, 0.717) is 5.56 Å². The number of carboxylic acid groups (broad SMARTS) is 1. The molecule has 0 aliphatic rings. The fourth-order valence-electron chi connectivity index (χ4n) is 3.24. The third kappa shape index (κ3) is 8.87. The lowest BCUT2D eigenvalue weighted by Gasteiger charge is -2.24. The molecule has 2 aromatic rings. The Morgan fingerprint density at radius 1 is 0.778 bits per heavy atom. The van der Waals surface area contributed by atoms with Crippen molar-refractivity contribution in [2.75, 3.05) is 12.4 Å². The van der Waals surface area contributed by atoms with Crippen LogP contribution in [-0.2, 0) is 32.0 Å². The number of hydrogen-bond donors (Lipinski definition) is 8. The Morgan fingerprint density at radius 3 is 1.86 bits per heavy atom. The smallest absolute Gasteiger partial charge is 0.327 e. The van der Waals surface area contributed by atoms with E-state index in [4.69, 9.17) is 10.8 Å². The van der Waals surface area contributed by atoms with Gasteiger partial charge in [0.05, 0.1) is 12.6 Å². The van der Waals surface area contributed by atoms with Crippen molar-refractivity contribution in [3.05, 3.63) is 65.7 Å². The highest BCUT2D eigenvalue weighted by atomic mass is 32.1. The Labute approximate surface area is 213 Å². The number of carbonyl (C=O) groups excluding carboxylic acids is 3. The van der Waals surface area contributed by atoms with Crippen molar-refractivity contribution < 1.29 is 34.5 Å². The number of amides is 3. The minimum Gasteiger partial charge on any atom is -0.508 e. The summed E-state index contributed by atoms with van der Waals surface area (Å²) in [5, 5.41) is 35.3. The molecule has 0 bridgehead atoms. The van der Waals surface area contributed by atoms with Crippen molar-refractivity contribution in [1.82, 2.24) is 16.0 Å². The molecule has 0 aromatic heterocycles. The number of rotatable bonds is 13. The molecule has 2 rings (SSSR count). The van der Waals surface area contributed by atoms with Crippen LogP contribution in [0.5, 0.6) is 5.75 Å². The van der Waals surface area contributed by atoms with Gasteiger partial charge < -0.3 is 37.0 Å². The van der Waals surface area contributed by atoms with Gasteiger partial charge >= 0.3 is 5.97 Å². The average Bonchev–Trinajstić information content (AvgIpc) is 2.86. The van der Waals surface area contributed by atoms with Crippen LogP contribution in [0.15, 0.2) is 54.6 Å². The molecule has 2 aromatic carbocycles. The van der Waals surface area contributed by atoms with Crippen LogP contribution in [-0.4, -0.2) is 75.5 Å². The van der Waals surface area contributed by atoms with Gasteiger partial charge in [-0.3, -0.25) is 14.4 Å². The Balaban J connectivity index is 2.13. The van der Waals surface area contributed by atoms with Gasteiger partial charge in [0, 0.05) is 12.2 Å². The van der Waals surface area contributed by atoms with Crippen molar-refractivity contribution in [2.24, 2.45) is 5.73 Å². The first-order chi connectivity index (χ1) is 17.1. The molecule has 3 amide bonds. The molecule has 12 heteroatoms. The molecule has 4 atom stereocenters. The summed E-state index contributed by atoms with van der Waals surface area (Å²) in [4.78, 5) is 49.4. The summed E-state index contributed by atoms with van der Waals surface area (Å²) in [5.74, 6) is -3.75. The van der Waals surface area contributed by atoms with E-state index in [9.17, 15) is 29.4 Å². The lowest BCUT2D eigenvalue weighted by Crippen LogP contribution is -2.58. The van der Waals surface area contributed by atoms with E-state index in [0.717, 1.165) is 5.56 Å². The van der Waals surface area contributed by atoms with E-state index >= 15 is 0 Å². The molecule has 11 nitrogen and oxygen atoms in total. The van der Waals surface area contributed by atoms with Crippen molar-refractivity contribution in [3.63, 3.8) is 0 Å². The summed E-state index contributed by atoms with van der Waals surface area (Å²) in [6.07, 6.45) is 0.215. The Bertz CT molecular complexity index is 1040. The second-order valence-corrected chi connectivity index (χ2v) is 8.42. The van der Waals surface area contributed by atoms with Crippen LogP contribution in [0.2, 0.25) is 0 Å². The summed E-state index contributed by atoms with van der Waals surface area (Å²) in [6, 6.07) is 10.1. The molecule has 0 saturated heterocycles. The zero-order chi connectivity index (χ0) is 26.7. The van der Waals surface area contributed by atoms with Gasteiger partial charge in [0.15, 0.2) is 0 Å². The van der Waals surface area contributed by atoms with Gasteiger partial charge in [0.1, 0.15) is 23.9 Å². The number of aliphatic hydroxyl groups is 1. The molecule has 0 fully saturated rings. The number of carboxylic acids is 1. The van der Waals surface area contributed by atoms with Crippen LogP contribution in [0.3, 0.4) is 0 Å². The number of nitrogens with two attached hydrogens (primary N) is 1. The average molecular weight is 519 g/mol. The molecule has 0 aliphatic carbocycles. The molecule has 36 heavy (non-hydrogen) atoms. The summed E-state index contributed by atoms with van der Waals surface area (Å²) < 4.78 is 0. The predicted octanol–water partition coefficient (Wildman–Crippen LogP) is -1.03. The van der Waals surface area contributed by atoms with Crippen molar-refractivity contribution in [1.29, 1.82) is 0 Å². The first-order valence-electron chi connectivity index (χ1n) is 11.1. The largest absolute Gasteiger partial charge is 0.508 e. The molecule has 0 radical (unpaired) electrons. The SMILES string of the molecule is NC(Cc1ccc(O)cc1)C(=O)NC(Cc1ccccc1)C(=O)NC(CO)C(=O)NC(CS)C(=O)O. The fourth-order valence-corrected chi connectivity index (χ4v) is 3.49. The first-order valence-corrected chi connectivity index (χ1v) is 11.7.